The average molecular weight is 403 g/mol. The fourth-order valence-electron chi connectivity index (χ4n) is 4.27. The Morgan fingerprint density at radius 2 is 1.93 bits per heavy atom. The number of fused-ring (bicyclic) bond motifs is 2. The van der Waals surface area contributed by atoms with Gasteiger partial charge in [0.05, 0.1) is 11.6 Å². The van der Waals surface area contributed by atoms with Gasteiger partial charge in [-0.2, -0.15) is 9.78 Å². The van der Waals surface area contributed by atoms with Gasteiger partial charge in [0.2, 0.25) is 0 Å². The molecule has 0 atom stereocenters. The van der Waals surface area contributed by atoms with Crippen LogP contribution in [0.5, 0.6) is 0 Å². The highest BCUT2D eigenvalue weighted by molar-refractivity contribution is 7.16. The van der Waals surface area contributed by atoms with Crippen LogP contribution >= 0.6 is 11.3 Å². The molecule has 4 aromatic rings. The second kappa shape index (κ2) is 6.81. The Morgan fingerprint density at radius 3 is 2.79 bits per heavy atom. The first-order valence-corrected chi connectivity index (χ1v) is 10.7. The zero-order valence-electron chi connectivity index (χ0n) is 16.8. The zero-order chi connectivity index (χ0) is 20.1. The molecule has 0 amide bonds. The lowest BCUT2D eigenvalue weighted by atomic mass is 10.1. The Labute approximate surface area is 173 Å². The molecule has 29 heavy (non-hydrogen) atoms. The van der Waals surface area contributed by atoms with Crippen molar-refractivity contribution in [1.82, 2.24) is 14.2 Å². The quantitative estimate of drug-likeness (QED) is 0.472. The van der Waals surface area contributed by atoms with Crippen molar-refractivity contribution in [2.75, 3.05) is 0 Å². The van der Waals surface area contributed by atoms with Gasteiger partial charge in [0.1, 0.15) is 10.7 Å². The molecule has 0 saturated carbocycles. The molecule has 0 fully saturated rings. The lowest BCUT2D eigenvalue weighted by molar-refractivity contribution is 0.772. The Balaban J connectivity index is 1.55. The number of hydrogen-bond donors (Lipinski definition) is 0. The molecule has 0 spiro atoms. The molecule has 5 rings (SSSR count). The van der Waals surface area contributed by atoms with Gasteiger partial charge in [0, 0.05) is 22.6 Å². The van der Waals surface area contributed by atoms with E-state index in [-0.39, 0.29) is 5.56 Å². The summed E-state index contributed by atoms with van der Waals surface area (Å²) in [5.41, 5.74) is 7.26. The van der Waals surface area contributed by atoms with E-state index in [1.807, 2.05) is 12.3 Å². The smallest absolute Gasteiger partial charge is 0.282 e. The molecule has 0 aliphatic heterocycles. The van der Waals surface area contributed by atoms with Crippen LogP contribution in [-0.4, -0.2) is 20.4 Å². The molecule has 0 saturated heterocycles. The van der Waals surface area contributed by atoms with Crippen molar-refractivity contribution in [1.29, 1.82) is 0 Å². The fraction of sp³-hybridized carbons (Fsp3) is 0.261. The van der Waals surface area contributed by atoms with Crippen molar-refractivity contribution in [3.8, 4) is 5.69 Å². The highest BCUT2D eigenvalue weighted by Crippen LogP contribution is 2.27. The molecule has 1 aliphatic carbocycles. The van der Waals surface area contributed by atoms with Crippen LogP contribution in [0.1, 0.15) is 40.3 Å². The Bertz CT molecular complexity index is 1340. The molecule has 0 unspecified atom stereocenters. The van der Waals surface area contributed by atoms with Crippen molar-refractivity contribution in [3.05, 3.63) is 80.0 Å². The van der Waals surface area contributed by atoms with Crippen LogP contribution < -0.4 is 5.56 Å². The maximum Gasteiger partial charge on any atom is 0.282 e. The first-order chi connectivity index (χ1) is 14.0. The number of aromatic nitrogens is 3. The summed E-state index contributed by atoms with van der Waals surface area (Å²) in [5.74, 6) is 0.591. The summed E-state index contributed by atoms with van der Waals surface area (Å²) < 4.78 is 3.65. The standard InChI is InChI=1S/C23H22N4OS/c1-14-11-19(13-24-27-16(3)25-22-21(23(27)28)9-10-29-22)15(2)26(14)20-8-7-17-5-4-6-18(17)12-20/h7-13H,4-6H2,1-3H3/b24-13-. The monoisotopic (exact) mass is 402 g/mol. The van der Waals surface area contributed by atoms with Gasteiger partial charge in [-0.25, -0.2) is 4.98 Å². The van der Waals surface area contributed by atoms with E-state index >= 15 is 0 Å². The van der Waals surface area contributed by atoms with E-state index in [2.05, 4.69) is 52.8 Å². The van der Waals surface area contributed by atoms with Gasteiger partial charge in [0.25, 0.3) is 5.56 Å². The van der Waals surface area contributed by atoms with Gasteiger partial charge in [-0.3, -0.25) is 4.79 Å². The first-order valence-electron chi connectivity index (χ1n) is 9.85. The molecule has 146 valence electrons. The van der Waals surface area contributed by atoms with E-state index < -0.39 is 0 Å². The Kier molecular flexibility index (Phi) is 4.24. The van der Waals surface area contributed by atoms with Gasteiger partial charge in [-0.05, 0) is 80.8 Å². The third kappa shape index (κ3) is 2.95. The predicted molar refractivity (Wildman–Crippen MR) is 119 cm³/mol. The van der Waals surface area contributed by atoms with E-state index in [0.717, 1.165) is 28.2 Å². The second-order valence-electron chi connectivity index (χ2n) is 7.63. The van der Waals surface area contributed by atoms with Crippen LogP contribution in [0.2, 0.25) is 0 Å². The molecule has 5 nitrogen and oxygen atoms in total. The molecule has 1 aliphatic rings. The predicted octanol–water partition coefficient (Wildman–Crippen LogP) is 4.54. The molecule has 3 heterocycles. The molecule has 1 aromatic carbocycles. The molecule has 3 aromatic heterocycles. The van der Waals surface area contributed by atoms with Gasteiger partial charge >= 0.3 is 0 Å². The number of nitrogens with zero attached hydrogens (tertiary/aromatic N) is 4. The first kappa shape index (κ1) is 18.1. The topological polar surface area (TPSA) is 52.2 Å². The molecular formula is C23H22N4OS. The van der Waals surface area contributed by atoms with Crippen LogP contribution in [0.25, 0.3) is 15.9 Å². The van der Waals surface area contributed by atoms with E-state index in [1.165, 1.54) is 45.7 Å². The highest BCUT2D eigenvalue weighted by atomic mass is 32.1. The lowest BCUT2D eigenvalue weighted by Gasteiger charge is -2.11. The molecular weight excluding hydrogens is 380 g/mol. The maximum absolute atomic E-state index is 12.7. The summed E-state index contributed by atoms with van der Waals surface area (Å²) in [6.07, 6.45) is 5.36. The zero-order valence-corrected chi connectivity index (χ0v) is 17.6. The van der Waals surface area contributed by atoms with Crippen molar-refractivity contribution in [2.24, 2.45) is 5.10 Å². The van der Waals surface area contributed by atoms with Gasteiger partial charge in [-0.1, -0.05) is 6.07 Å². The summed E-state index contributed by atoms with van der Waals surface area (Å²) in [6.45, 7) is 6.01. The van der Waals surface area contributed by atoms with E-state index in [0.29, 0.717) is 11.2 Å². The van der Waals surface area contributed by atoms with Gasteiger partial charge < -0.3 is 4.57 Å². The summed E-state index contributed by atoms with van der Waals surface area (Å²) in [5, 5.41) is 6.98. The highest BCUT2D eigenvalue weighted by Gasteiger charge is 2.15. The minimum Gasteiger partial charge on any atom is -0.318 e. The normalized spacial score (nSPS) is 13.6. The van der Waals surface area contributed by atoms with Gasteiger partial charge in [0.15, 0.2) is 0 Å². The Morgan fingerprint density at radius 1 is 1.10 bits per heavy atom. The van der Waals surface area contributed by atoms with Crippen LogP contribution in [0.4, 0.5) is 0 Å². The summed E-state index contributed by atoms with van der Waals surface area (Å²) in [4.78, 5) is 18.0. The number of thiophene rings is 1. The number of rotatable bonds is 3. The fourth-order valence-corrected chi connectivity index (χ4v) is 5.08. The van der Waals surface area contributed by atoms with E-state index in [4.69, 9.17) is 0 Å². The third-order valence-electron chi connectivity index (χ3n) is 5.76. The average Bonchev–Trinajstić information content (AvgIpc) is 3.40. The van der Waals surface area contributed by atoms with Crippen LogP contribution in [-0.2, 0) is 12.8 Å². The van der Waals surface area contributed by atoms with Crippen molar-refractivity contribution >= 4 is 27.8 Å². The number of aryl methyl sites for hydroxylation is 4. The van der Waals surface area contributed by atoms with Crippen LogP contribution in [0, 0.1) is 20.8 Å². The van der Waals surface area contributed by atoms with Crippen LogP contribution in [0.3, 0.4) is 0 Å². The van der Waals surface area contributed by atoms with E-state index in [9.17, 15) is 4.79 Å². The maximum atomic E-state index is 12.7. The third-order valence-corrected chi connectivity index (χ3v) is 6.57. The summed E-state index contributed by atoms with van der Waals surface area (Å²) in [6, 6.07) is 10.7. The largest absolute Gasteiger partial charge is 0.318 e. The number of hydrogen-bond acceptors (Lipinski definition) is 4. The molecule has 0 N–H and O–H groups in total. The van der Waals surface area contributed by atoms with Crippen molar-refractivity contribution in [2.45, 2.75) is 40.0 Å². The van der Waals surface area contributed by atoms with Crippen LogP contribution in [0.15, 0.2) is 45.6 Å². The van der Waals surface area contributed by atoms with Crippen molar-refractivity contribution < 1.29 is 0 Å². The minimum absolute atomic E-state index is 0.127. The summed E-state index contributed by atoms with van der Waals surface area (Å²) >= 11 is 1.47. The molecule has 0 bridgehead atoms. The Hall–Kier alpha value is -2.99. The van der Waals surface area contributed by atoms with Gasteiger partial charge in [-0.15, -0.1) is 11.3 Å². The second-order valence-corrected chi connectivity index (χ2v) is 8.52. The van der Waals surface area contributed by atoms with Crippen molar-refractivity contribution in [3.63, 3.8) is 0 Å². The molecule has 6 heteroatoms. The lowest BCUT2D eigenvalue weighted by Crippen LogP contribution is -2.19. The summed E-state index contributed by atoms with van der Waals surface area (Å²) in [7, 11) is 0. The SMILES string of the molecule is Cc1cc(/C=N\n2c(C)nc3sccc3c2=O)c(C)n1-c1ccc2c(c1)CCC2. The number of benzene rings is 1. The van der Waals surface area contributed by atoms with E-state index in [1.54, 1.807) is 12.3 Å². The molecule has 0 radical (unpaired) electrons. The minimum atomic E-state index is -0.127.